The van der Waals surface area contributed by atoms with E-state index >= 15 is 0 Å². The molecule has 0 bridgehead atoms. The molecule has 0 fully saturated rings. The third-order valence-corrected chi connectivity index (χ3v) is 4.45. The standard InChI is InChI=1S/C15H24N2O4S/c1-10(2)22(21)16-7-6-11(3)8-15(20)17-12-4-5-13(18)14(19)9-12/h4-5,9-11,16,18-19H,6-8H2,1-3H3,(H,17,20). The van der Waals surface area contributed by atoms with Gasteiger partial charge in [-0.25, -0.2) is 8.93 Å². The highest BCUT2D eigenvalue weighted by molar-refractivity contribution is 7.83. The lowest BCUT2D eigenvalue weighted by molar-refractivity contribution is -0.117. The molecule has 2 atom stereocenters. The van der Waals surface area contributed by atoms with E-state index in [4.69, 9.17) is 0 Å². The lowest BCUT2D eigenvalue weighted by atomic mass is 10.0. The second-order valence-electron chi connectivity index (χ2n) is 5.59. The molecule has 1 aromatic rings. The van der Waals surface area contributed by atoms with Gasteiger partial charge in [0.15, 0.2) is 11.5 Å². The predicted molar refractivity (Wildman–Crippen MR) is 88.1 cm³/mol. The molecule has 4 N–H and O–H groups in total. The van der Waals surface area contributed by atoms with Crippen molar-refractivity contribution in [1.82, 2.24) is 4.72 Å². The molecule has 0 radical (unpaired) electrons. The van der Waals surface area contributed by atoms with Gasteiger partial charge in [-0.3, -0.25) is 4.79 Å². The number of carbonyl (C=O) groups is 1. The highest BCUT2D eigenvalue weighted by atomic mass is 32.2. The maximum atomic E-state index is 11.9. The van der Waals surface area contributed by atoms with Crippen LogP contribution in [0.4, 0.5) is 5.69 Å². The summed E-state index contributed by atoms with van der Waals surface area (Å²) in [4.78, 5) is 11.9. The number of amides is 1. The molecule has 0 spiro atoms. The Kier molecular flexibility index (Phi) is 7.34. The van der Waals surface area contributed by atoms with Crippen LogP contribution < -0.4 is 10.0 Å². The molecular formula is C15H24N2O4S. The molecule has 7 heteroatoms. The number of hydrogen-bond donors (Lipinski definition) is 4. The van der Waals surface area contributed by atoms with Crippen molar-refractivity contribution in [2.45, 2.75) is 38.9 Å². The first-order valence-electron chi connectivity index (χ1n) is 7.25. The van der Waals surface area contributed by atoms with E-state index in [1.54, 1.807) is 0 Å². The number of benzene rings is 1. The van der Waals surface area contributed by atoms with Gasteiger partial charge < -0.3 is 15.5 Å². The van der Waals surface area contributed by atoms with Gasteiger partial charge in [0.1, 0.15) is 0 Å². The Balaban J connectivity index is 2.34. The van der Waals surface area contributed by atoms with Crippen LogP contribution in [-0.4, -0.2) is 32.1 Å². The highest BCUT2D eigenvalue weighted by Gasteiger charge is 2.11. The summed E-state index contributed by atoms with van der Waals surface area (Å²) in [5, 5.41) is 21.3. The maximum Gasteiger partial charge on any atom is 0.224 e. The SMILES string of the molecule is CC(CCNS(=O)C(C)C)CC(=O)Nc1ccc(O)c(O)c1. The summed E-state index contributed by atoms with van der Waals surface area (Å²) in [7, 11) is -1.04. The summed E-state index contributed by atoms with van der Waals surface area (Å²) in [6.45, 7) is 6.31. The van der Waals surface area contributed by atoms with Gasteiger partial charge in [0.2, 0.25) is 5.91 Å². The molecule has 1 rings (SSSR count). The third kappa shape index (κ3) is 6.44. The summed E-state index contributed by atoms with van der Waals surface area (Å²) in [6, 6.07) is 4.13. The van der Waals surface area contributed by atoms with Crippen LogP contribution in [0.25, 0.3) is 0 Å². The minimum atomic E-state index is -1.04. The van der Waals surface area contributed by atoms with Crippen LogP contribution in [0.1, 0.15) is 33.6 Å². The molecular weight excluding hydrogens is 304 g/mol. The smallest absolute Gasteiger partial charge is 0.224 e. The molecule has 22 heavy (non-hydrogen) atoms. The van der Waals surface area contributed by atoms with E-state index in [-0.39, 0.29) is 28.6 Å². The first-order chi connectivity index (χ1) is 10.3. The van der Waals surface area contributed by atoms with Crippen LogP contribution >= 0.6 is 0 Å². The van der Waals surface area contributed by atoms with Gasteiger partial charge in [-0.1, -0.05) is 6.92 Å². The van der Waals surface area contributed by atoms with Gasteiger partial charge in [-0.2, -0.15) is 0 Å². The van der Waals surface area contributed by atoms with E-state index < -0.39 is 11.0 Å². The lowest BCUT2D eigenvalue weighted by Crippen LogP contribution is -2.26. The highest BCUT2D eigenvalue weighted by Crippen LogP contribution is 2.27. The van der Waals surface area contributed by atoms with Gasteiger partial charge in [-0.05, 0) is 38.3 Å². The second-order valence-corrected chi connectivity index (χ2v) is 7.42. The van der Waals surface area contributed by atoms with Gasteiger partial charge in [0.05, 0.1) is 11.0 Å². The van der Waals surface area contributed by atoms with Crippen molar-refractivity contribution in [1.29, 1.82) is 0 Å². The Hall–Kier alpha value is -1.60. The monoisotopic (exact) mass is 328 g/mol. The number of aromatic hydroxyl groups is 2. The van der Waals surface area contributed by atoms with E-state index in [9.17, 15) is 19.2 Å². The molecule has 0 aliphatic rings. The molecule has 2 unspecified atom stereocenters. The van der Waals surface area contributed by atoms with Crippen LogP contribution in [0.3, 0.4) is 0 Å². The Morgan fingerprint density at radius 1 is 1.23 bits per heavy atom. The van der Waals surface area contributed by atoms with Gasteiger partial charge in [0, 0.05) is 30.0 Å². The fourth-order valence-electron chi connectivity index (χ4n) is 1.80. The molecule has 0 aliphatic carbocycles. The maximum absolute atomic E-state index is 11.9. The summed E-state index contributed by atoms with van der Waals surface area (Å²) < 4.78 is 14.5. The third-order valence-electron chi connectivity index (χ3n) is 3.10. The lowest BCUT2D eigenvalue weighted by Gasteiger charge is -2.13. The van der Waals surface area contributed by atoms with Crippen LogP contribution in [0, 0.1) is 5.92 Å². The van der Waals surface area contributed by atoms with Gasteiger partial charge >= 0.3 is 0 Å². The minimum absolute atomic E-state index is 0.0702. The molecule has 0 aliphatic heterocycles. The fourth-order valence-corrected chi connectivity index (χ4v) is 2.46. The summed E-state index contributed by atoms with van der Waals surface area (Å²) in [5.74, 6) is -0.522. The number of hydrogen-bond acceptors (Lipinski definition) is 4. The summed E-state index contributed by atoms with van der Waals surface area (Å²) in [6.07, 6.45) is 1.07. The Morgan fingerprint density at radius 3 is 2.50 bits per heavy atom. The van der Waals surface area contributed by atoms with Crippen molar-refractivity contribution in [2.75, 3.05) is 11.9 Å². The molecule has 0 aromatic heterocycles. The number of carbonyl (C=O) groups excluding carboxylic acids is 1. The quantitative estimate of drug-likeness (QED) is 0.434. The predicted octanol–water partition coefficient (Wildman–Crippen LogP) is 2.11. The van der Waals surface area contributed by atoms with E-state index in [0.29, 0.717) is 18.7 Å². The summed E-state index contributed by atoms with van der Waals surface area (Å²) >= 11 is 0. The largest absolute Gasteiger partial charge is 0.504 e. The van der Waals surface area contributed by atoms with Crippen LogP contribution in [-0.2, 0) is 15.8 Å². The molecule has 0 saturated carbocycles. The van der Waals surface area contributed by atoms with Crippen LogP contribution in [0.5, 0.6) is 11.5 Å². The molecule has 1 aromatic carbocycles. The zero-order valence-corrected chi connectivity index (χ0v) is 13.9. The topological polar surface area (TPSA) is 98.7 Å². The van der Waals surface area contributed by atoms with Crippen molar-refractivity contribution in [3.63, 3.8) is 0 Å². The average molecular weight is 328 g/mol. The number of phenolic OH excluding ortho intramolecular Hbond substituents is 2. The molecule has 124 valence electrons. The average Bonchev–Trinajstić information content (AvgIpc) is 2.42. The van der Waals surface area contributed by atoms with E-state index in [1.807, 2.05) is 20.8 Å². The van der Waals surface area contributed by atoms with Crippen molar-refractivity contribution < 1.29 is 19.2 Å². The van der Waals surface area contributed by atoms with E-state index in [2.05, 4.69) is 10.0 Å². The fraction of sp³-hybridized carbons (Fsp3) is 0.533. The minimum Gasteiger partial charge on any atom is -0.504 e. The zero-order chi connectivity index (χ0) is 16.7. The number of phenols is 2. The summed E-state index contributed by atoms with van der Waals surface area (Å²) in [5.41, 5.74) is 0.437. The van der Waals surface area contributed by atoms with Gasteiger partial charge in [-0.15, -0.1) is 0 Å². The van der Waals surface area contributed by atoms with Crippen LogP contribution in [0.2, 0.25) is 0 Å². The van der Waals surface area contributed by atoms with Crippen molar-refractivity contribution in [3.8, 4) is 11.5 Å². The molecule has 0 saturated heterocycles. The second kappa shape index (κ2) is 8.75. The van der Waals surface area contributed by atoms with Crippen LogP contribution in [0.15, 0.2) is 18.2 Å². The Morgan fingerprint density at radius 2 is 1.91 bits per heavy atom. The molecule has 0 heterocycles. The number of anilines is 1. The first-order valence-corrected chi connectivity index (χ1v) is 8.46. The van der Waals surface area contributed by atoms with E-state index in [0.717, 1.165) is 6.42 Å². The molecule has 1 amide bonds. The van der Waals surface area contributed by atoms with Gasteiger partial charge in [0.25, 0.3) is 0 Å². The molecule has 6 nitrogen and oxygen atoms in total. The van der Waals surface area contributed by atoms with E-state index in [1.165, 1.54) is 18.2 Å². The van der Waals surface area contributed by atoms with Crippen molar-refractivity contribution in [3.05, 3.63) is 18.2 Å². The zero-order valence-electron chi connectivity index (χ0n) is 13.1. The Bertz CT molecular complexity index is 534. The normalized spacial score (nSPS) is 13.8. The first kappa shape index (κ1) is 18.4. The van der Waals surface area contributed by atoms with Crippen molar-refractivity contribution in [2.24, 2.45) is 5.92 Å². The Labute approximate surface area is 133 Å². The number of rotatable bonds is 8. The van der Waals surface area contributed by atoms with Crippen molar-refractivity contribution >= 4 is 22.6 Å². The number of nitrogens with one attached hydrogen (secondary N) is 2.